The highest BCUT2D eigenvalue weighted by atomic mass is 35.5. The summed E-state index contributed by atoms with van der Waals surface area (Å²) < 4.78 is 14.2. The van der Waals surface area contributed by atoms with Crippen LogP contribution in [0.15, 0.2) is 72.8 Å². The average Bonchev–Trinajstić information content (AvgIpc) is 2.95. The molecule has 0 aliphatic carbocycles. The molecule has 2 heterocycles. The second-order valence-corrected chi connectivity index (χ2v) is 9.89. The van der Waals surface area contributed by atoms with Crippen molar-refractivity contribution in [2.24, 2.45) is 0 Å². The van der Waals surface area contributed by atoms with E-state index in [1.165, 1.54) is 6.07 Å². The minimum absolute atomic E-state index is 0.101. The number of carbonyl (C=O) groups excluding carboxylic acids is 1. The van der Waals surface area contributed by atoms with E-state index in [0.717, 1.165) is 35.2 Å². The summed E-state index contributed by atoms with van der Waals surface area (Å²) in [5, 5.41) is 1.53. The summed E-state index contributed by atoms with van der Waals surface area (Å²) in [6.45, 7) is 5.81. The zero-order chi connectivity index (χ0) is 26.5. The van der Waals surface area contributed by atoms with Crippen molar-refractivity contribution in [1.82, 2.24) is 14.9 Å². The minimum Gasteiger partial charge on any atom is -0.366 e. The number of benzene rings is 3. The van der Waals surface area contributed by atoms with E-state index >= 15 is 0 Å². The van der Waals surface area contributed by atoms with Gasteiger partial charge in [-0.05, 0) is 36.8 Å². The topological polar surface area (TPSA) is 52.6 Å². The number of fused-ring (bicyclic) bond motifs is 1. The molecule has 0 bridgehead atoms. The van der Waals surface area contributed by atoms with Crippen molar-refractivity contribution in [1.29, 1.82) is 0 Å². The Morgan fingerprint density at radius 3 is 2.42 bits per heavy atom. The van der Waals surface area contributed by atoms with Crippen LogP contribution in [-0.2, 0) is 4.79 Å². The molecule has 1 amide bonds. The Hall–Kier alpha value is -3.71. The number of amides is 1. The summed E-state index contributed by atoms with van der Waals surface area (Å²) in [5.41, 5.74) is 2.30. The van der Waals surface area contributed by atoms with Crippen LogP contribution >= 0.6 is 11.6 Å². The summed E-state index contributed by atoms with van der Waals surface area (Å²) in [7, 11) is 0. The minimum atomic E-state index is -0.226. The van der Waals surface area contributed by atoms with Crippen molar-refractivity contribution in [3.05, 3.63) is 83.6 Å². The molecule has 5 rings (SSSR count). The summed E-state index contributed by atoms with van der Waals surface area (Å²) in [5.74, 6) is 1.32. The van der Waals surface area contributed by atoms with Crippen LogP contribution in [0.4, 0.5) is 15.9 Å². The quantitative estimate of drug-likeness (QED) is 0.277. The molecule has 0 saturated carbocycles. The molecule has 0 atom stereocenters. The Morgan fingerprint density at radius 1 is 0.947 bits per heavy atom. The number of anilines is 2. The molecule has 0 unspecified atom stereocenters. The van der Waals surface area contributed by atoms with Crippen molar-refractivity contribution in [2.45, 2.75) is 19.8 Å². The molecule has 6 nitrogen and oxygen atoms in total. The van der Waals surface area contributed by atoms with Crippen molar-refractivity contribution in [2.75, 3.05) is 49.1 Å². The molecule has 0 radical (unpaired) electrons. The number of nitrogens with zero attached hydrogens (tertiary/aromatic N) is 5. The van der Waals surface area contributed by atoms with Gasteiger partial charge in [0, 0.05) is 61.7 Å². The Morgan fingerprint density at radius 2 is 1.68 bits per heavy atom. The number of hydrogen-bond donors (Lipinski definition) is 0. The first-order valence-electron chi connectivity index (χ1n) is 13.1. The van der Waals surface area contributed by atoms with Crippen LogP contribution in [-0.4, -0.2) is 60.0 Å². The van der Waals surface area contributed by atoms with Gasteiger partial charge in [-0.15, -0.1) is 0 Å². The lowest BCUT2D eigenvalue weighted by molar-refractivity contribution is -0.131. The van der Waals surface area contributed by atoms with E-state index in [2.05, 4.69) is 11.8 Å². The molecule has 196 valence electrons. The summed E-state index contributed by atoms with van der Waals surface area (Å²) in [4.78, 5) is 29.0. The van der Waals surface area contributed by atoms with Crippen molar-refractivity contribution < 1.29 is 9.18 Å². The molecule has 0 N–H and O–H groups in total. The predicted molar refractivity (Wildman–Crippen MR) is 152 cm³/mol. The predicted octanol–water partition coefficient (Wildman–Crippen LogP) is 6.04. The van der Waals surface area contributed by atoms with Crippen LogP contribution in [0.25, 0.3) is 22.3 Å². The molecular weight excluding hydrogens is 501 g/mol. The van der Waals surface area contributed by atoms with Gasteiger partial charge in [0.25, 0.3) is 0 Å². The second kappa shape index (κ2) is 11.8. The first-order valence-corrected chi connectivity index (χ1v) is 13.5. The van der Waals surface area contributed by atoms with Crippen LogP contribution in [0.2, 0.25) is 5.02 Å². The van der Waals surface area contributed by atoms with Gasteiger partial charge in [0.05, 0.1) is 11.2 Å². The maximum absolute atomic E-state index is 14.2. The van der Waals surface area contributed by atoms with Crippen LogP contribution in [0.3, 0.4) is 0 Å². The lowest BCUT2D eigenvalue weighted by atomic mass is 10.1. The molecule has 4 aromatic rings. The highest BCUT2D eigenvalue weighted by molar-refractivity contribution is 6.31. The summed E-state index contributed by atoms with van der Waals surface area (Å²) >= 11 is 6.31. The van der Waals surface area contributed by atoms with Gasteiger partial charge in [0.15, 0.2) is 5.82 Å². The Kier molecular flexibility index (Phi) is 8.03. The SMILES string of the molecule is CCCN(CCC(=O)N1CCN(c2ccccc2F)CC1)c1nc(-c2ccccc2)nc2cc(Cl)ccc12. The normalized spacial score (nSPS) is 13.7. The van der Waals surface area contributed by atoms with Crippen LogP contribution < -0.4 is 9.80 Å². The number of halogens is 2. The lowest BCUT2D eigenvalue weighted by Crippen LogP contribution is -2.49. The number of piperazine rings is 1. The molecule has 38 heavy (non-hydrogen) atoms. The first-order chi connectivity index (χ1) is 18.5. The maximum atomic E-state index is 14.2. The zero-order valence-corrected chi connectivity index (χ0v) is 22.2. The fourth-order valence-corrected chi connectivity index (χ4v) is 5.10. The Bertz CT molecular complexity index is 1410. The third-order valence-corrected chi connectivity index (χ3v) is 7.12. The number of rotatable bonds is 8. The van der Waals surface area contributed by atoms with Gasteiger partial charge in [0.1, 0.15) is 11.6 Å². The fourth-order valence-electron chi connectivity index (χ4n) is 4.93. The number of hydrogen-bond acceptors (Lipinski definition) is 5. The third kappa shape index (κ3) is 5.73. The fraction of sp³-hybridized carbons (Fsp3) is 0.300. The molecule has 8 heteroatoms. The van der Waals surface area contributed by atoms with Gasteiger partial charge in [-0.1, -0.05) is 61.0 Å². The van der Waals surface area contributed by atoms with E-state index in [0.29, 0.717) is 55.7 Å². The monoisotopic (exact) mass is 531 g/mol. The molecule has 1 saturated heterocycles. The van der Waals surface area contributed by atoms with Crippen molar-refractivity contribution in [3.8, 4) is 11.4 Å². The van der Waals surface area contributed by atoms with Crippen LogP contribution in [0, 0.1) is 5.82 Å². The van der Waals surface area contributed by atoms with E-state index < -0.39 is 0 Å². The third-order valence-electron chi connectivity index (χ3n) is 6.88. The highest BCUT2D eigenvalue weighted by Crippen LogP contribution is 2.30. The second-order valence-electron chi connectivity index (χ2n) is 9.45. The van der Waals surface area contributed by atoms with Crippen molar-refractivity contribution >= 4 is 39.9 Å². The standard InChI is InChI=1S/C30H31ClFN5O/c1-2-15-37(16-14-28(38)36-19-17-35(18-20-36)27-11-7-6-10-25(27)32)30-24-13-12-23(31)21-26(24)33-29(34-30)22-8-4-3-5-9-22/h3-13,21H,2,14-20H2,1H3. The number of aromatic nitrogens is 2. The van der Waals surface area contributed by atoms with Gasteiger partial charge < -0.3 is 14.7 Å². The van der Waals surface area contributed by atoms with E-state index in [4.69, 9.17) is 21.6 Å². The molecule has 1 fully saturated rings. The van der Waals surface area contributed by atoms with E-state index in [1.807, 2.05) is 64.4 Å². The largest absolute Gasteiger partial charge is 0.366 e. The first kappa shape index (κ1) is 25.9. The van der Waals surface area contributed by atoms with E-state index in [1.54, 1.807) is 12.1 Å². The Labute approximate surface area is 227 Å². The van der Waals surface area contributed by atoms with Crippen LogP contribution in [0.5, 0.6) is 0 Å². The van der Waals surface area contributed by atoms with E-state index in [9.17, 15) is 9.18 Å². The van der Waals surface area contributed by atoms with Crippen LogP contribution in [0.1, 0.15) is 19.8 Å². The summed E-state index contributed by atoms with van der Waals surface area (Å²) in [6.07, 6.45) is 1.29. The zero-order valence-electron chi connectivity index (χ0n) is 21.5. The maximum Gasteiger partial charge on any atom is 0.224 e. The lowest BCUT2D eigenvalue weighted by Gasteiger charge is -2.36. The molecule has 1 aromatic heterocycles. The van der Waals surface area contributed by atoms with Gasteiger partial charge in [0.2, 0.25) is 5.91 Å². The van der Waals surface area contributed by atoms with Gasteiger partial charge in [-0.2, -0.15) is 0 Å². The van der Waals surface area contributed by atoms with Gasteiger partial charge in [-0.25, -0.2) is 14.4 Å². The average molecular weight is 532 g/mol. The van der Waals surface area contributed by atoms with Gasteiger partial charge in [-0.3, -0.25) is 4.79 Å². The molecular formula is C30H31ClFN5O. The number of carbonyl (C=O) groups is 1. The highest BCUT2D eigenvalue weighted by Gasteiger charge is 2.24. The van der Waals surface area contributed by atoms with Crippen molar-refractivity contribution in [3.63, 3.8) is 0 Å². The van der Waals surface area contributed by atoms with Gasteiger partial charge >= 0.3 is 0 Å². The molecule has 1 aliphatic heterocycles. The number of para-hydroxylation sites is 1. The van der Waals surface area contributed by atoms with E-state index in [-0.39, 0.29) is 11.7 Å². The molecule has 3 aromatic carbocycles. The smallest absolute Gasteiger partial charge is 0.224 e. The molecule has 0 spiro atoms. The Balaban J connectivity index is 1.33. The molecule has 1 aliphatic rings. The summed E-state index contributed by atoms with van der Waals surface area (Å²) in [6, 6.07) is 22.3.